The second kappa shape index (κ2) is 8.35. The number of amides is 3. The van der Waals surface area contributed by atoms with E-state index in [0.29, 0.717) is 24.5 Å². The van der Waals surface area contributed by atoms with Gasteiger partial charge in [-0.2, -0.15) is 8.42 Å². The summed E-state index contributed by atoms with van der Waals surface area (Å²) in [5, 5.41) is 11.9. The molecule has 29 heavy (non-hydrogen) atoms. The van der Waals surface area contributed by atoms with Gasteiger partial charge in [0.1, 0.15) is 12.6 Å². The first kappa shape index (κ1) is 21.0. The highest BCUT2D eigenvalue weighted by atomic mass is 32.2. The van der Waals surface area contributed by atoms with Crippen molar-refractivity contribution >= 4 is 39.4 Å². The zero-order valence-corrected chi connectivity index (χ0v) is 16.4. The molecule has 2 fully saturated rings. The summed E-state index contributed by atoms with van der Waals surface area (Å²) in [6, 6.07) is 5.44. The molecule has 0 radical (unpaired) electrons. The fraction of sp³-hybridized carbons (Fsp3) is 0.471. The third-order valence-corrected chi connectivity index (χ3v) is 5.18. The van der Waals surface area contributed by atoms with Crippen molar-refractivity contribution in [1.82, 2.24) is 4.90 Å². The van der Waals surface area contributed by atoms with Crippen LogP contribution in [0, 0.1) is 0 Å². The predicted molar refractivity (Wildman–Crippen MR) is 101 cm³/mol. The maximum atomic E-state index is 12.6. The molecule has 0 aliphatic carbocycles. The van der Waals surface area contributed by atoms with Gasteiger partial charge in [0.15, 0.2) is 0 Å². The lowest BCUT2D eigenvalue weighted by Gasteiger charge is -2.27. The molecular weight excluding hydrogens is 406 g/mol. The maximum Gasteiger partial charge on any atom is 0.408 e. The summed E-state index contributed by atoms with van der Waals surface area (Å²) in [5.41, 5.74) is 1.07. The number of ether oxygens (including phenoxy) is 1. The summed E-state index contributed by atoms with van der Waals surface area (Å²) in [7, 11) is -3.78. The number of hydrogen-bond donors (Lipinski definition) is 2. The number of nitrogens with zero attached hydrogens (tertiary/aromatic N) is 2. The van der Waals surface area contributed by atoms with E-state index in [1.54, 1.807) is 29.2 Å². The standard InChI is InChI=1S/C17H21N3O8S/c1-29(25,26)28-13-8-14(20(9-13)17(23)24)16(22)18-11-2-4-12(5-3-11)19-6-7-27-10-15(19)21/h2-5,13-14H,6-10H2,1H3,(H,18,22)(H,23,24)/t13-,14-/m1/s1. The molecular formula is C17H21N3O8S. The van der Waals surface area contributed by atoms with Gasteiger partial charge in [0.25, 0.3) is 16.0 Å². The molecule has 1 aromatic carbocycles. The number of carboxylic acid groups (broad SMARTS) is 1. The molecule has 1 aromatic rings. The van der Waals surface area contributed by atoms with Crippen LogP contribution in [0.3, 0.4) is 0 Å². The van der Waals surface area contributed by atoms with Crippen LogP contribution >= 0.6 is 0 Å². The lowest BCUT2D eigenvalue weighted by Crippen LogP contribution is -2.42. The largest absolute Gasteiger partial charge is 0.465 e. The van der Waals surface area contributed by atoms with Gasteiger partial charge in [-0.15, -0.1) is 0 Å². The second-order valence-electron chi connectivity index (χ2n) is 6.74. The zero-order valence-electron chi connectivity index (χ0n) is 15.6. The van der Waals surface area contributed by atoms with Crippen molar-refractivity contribution in [3.05, 3.63) is 24.3 Å². The van der Waals surface area contributed by atoms with Crippen molar-refractivity contribution in [3.63, 3.8) is 0 Å². The number of nitrogens with one attached hydrogen (secondary N) is 1. The average molecular weight is 427 g/mol. The summed E-state index contributed by atoms with van der Waals surface area (Å²) < 4.78 is 32.5. The van der Waals surface area contributed by atoms with E-state index in [2.05, 4.69) is 5.32 Å². The molecule has 3 amide bonds. The molecule has 0 unspecified atom stereocenters. The molecule has 2 aliphatic rings. The van der Waals surface area contributed by atoms with Gasteiger partial charge in [-0.1, -0.05) is 0 Å². The summed E-state index contributed by atoms with van der Waals surface area (Å²) in [6.07, 6.45) is -1.48. The van der Waals surface area contributed by atoms with Gasteiger partial charge in [0, 0.05) is 24.3 Å². The first-order valence-corrected chi connectivity index (χ1v) is 10.6. The van der Waals surface area contributed by atoms with Crippen LogP contribution in [0.1, 0.15) is 6.42 Å². The summed E-state index contributed by atoms with van der Waals surface area (Å²) in [4.78, 5) is 38.3. The fourth-order valence-electron chi connectivity index (χ4n) is 3.32. The van der Waals surface area contributed by atoms with E-state index in [9.17, 15) is 27.9 Å². The second-order valence-corrected chi connectivity index (χ2v) is 8.34. The van der Waals surface area contributed by atoms with Gasteiger partial charge in [-0.05, 0) is 24.3 Å². The number of anilines is 2. The van der Waals surface area contributed by atoms with E-state index in [1.165, 1.54) is 0 Å². The Bertz CT molecular complexity index is 902. The normalized spacial score (nSPS) is 22.6. The predicted octanol–water partition coefficient (Wildman–Crippen LogP) is 0.0854. The first-order chi connectivity index (χ1) is 13.6. The van der Waals surface area contributed by atoms with E-state index in [1.807, 2.05) is 0 Å². The molecule has 0 bridgehead atoms. The van der Waals surface area contributed by atoms with Gasteiger partial charge >= 0.3 is 6.09 Å². The summed E-state index contributed by atoms with van der Waals surface area (Å²) >= 11 is 0. The van der Waals surface area contributed by atoms with Crippen LogP contribution in [0.5, 0.6) is 0 Å². The molecule has 2 heterocycles. The number of hydrogen-bond acceptors (Lipinski definition) is 7. The summed E-state index contributed by atoms with van der Waals surface area (Å²) in [5.74, 6) is -0.754. The zero-order chi connectivity index (χ0) is 21.2. The molecule has 0 aromatic heterocycles. The number of likely N-dealkylation sites (tertiary alicyclic amines) is 1. The average Bonchev–Trinajstić information content (AvgIpc) is 3.05. The Labute approximate surface area is 167 Å². The minimum absolute atomic E-state index is 0.0158. The molecule has 158 valence electrons. The Morgan fingerprint density at radius 2 is 1.97 bits per heavy atom. The lowest BCUT2D eigenvalue weighted by molar-refractivity contribution is -0.125. The maximum absolute atomic E-state index is 12.6. The van der Waals surface area contributed by atoms with Crippen LogP contribution < -0.4 is 10.2 Å². The highest BCUT2D eigenvalue weighted by Crippen LogP contribution is 2.24. The quantitative estimate of drug-likeness (QED) is 0.629. The SMILES string of the molecule is CS(=O)(=O)O[C@@H]1C[C@H](C(=O)Nc2ccc(N3CCOCC3=O)cc2)N(C(=O)O)C1. The number of rotatable bonds is 5. The van der Waals surface area contributed by atoms with E-state index >= 15 is 0 Å². The Morgan fingerprint density at radius 1 is 1.28 bits per heavy atom. The van der Waals surface area contributed by atoms with Crippen LogP contribution in [0.15, 0.2) is 24.3 Å². The Hall–Kier alpha value is -2.70. The number of benzene rings is 1. The van der Waals surface area contributed by atoms with Crippen LogP contribution in [0.25, 0.3) is 0 Å². The third-order valence-electron chi connectivity index (χ3n) is 4.55. The van der Waals surface area contributed by atoms with Crippen LogP contribution in [0.4, 0.5) is 16.2 Å². The monoisotopic (exact) mass is 427 g/mol. The van der Waals surface area contributed by atoms with Crippen molar-refractivity contribution in [3.8, 4) is 0 Å². The lowest BCUT2D eigenvalue weighted by atomic mass is 10.1. The summed E-state index contributed by atoms with van der Waals surface area (Å²) in [6.45, 7) is 0.663. The number of morpholine rings is 1. The van der Waals surface area contributed by atoms with Crippen LogP contribution in [-0.2, 0) is 28.6 Å². The molecule has 2 N–H and O–H groups in total. The third kappa shape index (κ3) is 5.22. The van der Waals surface area contributed by atoms with E-state index in [-0.39, 0.29) is 25.5 Å². The van der Waals surface area contributed by atoms with Gasteiger partial charge in [-0.25, -0.2) is 4.79 Å². The molecule has 0 saturated carbocycles. The van der Waals surface area contributed by atoms with Crippen molar-refractivity contribution in [2.45, 2.75) is 18.6 Å². The van der Waals surface area contributed by atoms with Crippen LogP contribution in [0.2, 0.25) is 0 Å². The molecule has 2 atom stereocenters. The molecule has 2 saturated heterocycles. The highest BCUT2D eigenvalue weighted by Gasteiger charge is 2.41. The van der Waals surface area contributed by atoms with E-state index in [4.69, 9.17) is 8.92 Å². The van der Waals surface area contributed by atoms with Gasteiger partial charge in [0.2, 0.25) is 5.91 Å². The molecule has 2 aliphatic heterocycles. The highest BCUT2D eigenvalue weighted by molar-refractivity contribution is 7.86. The van der Waals surface area contributed by atoms with Crippen molar-refractivity contribution < 1.29 is 36.8 Å². The topological polar surface area (TPSA) is 143 Å². The Kier molecular flexibility index (Phi) is 6.05. The van der Waals surface area contributed by atoms with Gasteiger partial charge in [0.05, 0.1) is 25.5 Å². The van der Waals surface area contributed by atoms with Crippen LogP contribution in [-0.4, -0.2) is 81.0 Å². The van der Waals surface area contributed by atoms with Gasteiger partial charge in [-0.3, -0.25) is 18.7 Å². The molecule has 12 heteroatoms. The minimum atomic E-state index is -3.78. The van der Waals surface area contributed by atoms with Crippen molar-refractivity contribution in [1.29, 1.82) is 0 Å². The van der Waals surface area contributed by atoms with Crippen molar-refractivity contribution in [2.24, 2.45) is 0 Å². The number of carbonyl (C=O) groups is 3. The smallest absolute Gasteiger partial charge is 0.408 e. The molecule has 11 nitrogen and oxygen atoms in total. The Morgan fingerprint density at radius 3 is 2.55 bits per heavy atom. The molecule has 3 rings (SSSR count). The van der Waals surface area contributed by atoms with E-state index in [0.717, 1.165) is 11.2 Å². The minimum Gasteiger partial charge on any atom is -0.465 e. The fourth-order valence-corrected chi connectivity index (χ4v) is 3.95. The Balaban J connectivity index is 1.66. The first-order valence-electron chi connectivity index (χ1n) is 8.81. The molecule has 0 spiro atoms. The van der Waals surface area contributed by atoms with E-state index < -0.39 is 34.3 Å². The van der Waals surface area contributed by atoms with Gasteiger partial charge < -0.3 is 20.1 Å². The number of carbonyl (C=O) groups excluding carboxylic acids is 2. The van der Waals surface area contributed by atoms with Crippen molar-refractivity contribution in [2.75, 3.05) is 42.8 Å².